The van der Waals surface area contributed by atoms with Crippen molar-refractivity contribution in [1.29, 1.82) is 0 Å². The van der Waals surface area contributed by atoms with E-state index in [0.717, 1.165) is 10.9 Å². The molecule has 6 nitrogen and oxygen atoms in total. The van der Waals surface area contributed by atoms with Crippen molar-refractivity contribution in [1.82, 2.24) is 0 Å². The molecule has 156 valence electrons. The van der Waals surface area contributed by atoms with Gasteiger partial charge in [-0.15, -0.1) is 0 Å². The van der Waals surface area contributed by atoms with Crippen molar-refractivity contribution in [3.05, 3.63) is 34.4 Å². The van der Waals surface area contributed by atoms with Gasteiger partial charge in [-0.25, -0.2) is 0 Å². The first-order chi connectivity index (χ1) is 12.7. The van der Waals surface area contributed by atoms with Crippen molar-refractivity contribution < 1.29 is 25.9 Å². The average Bonchev–Trinajstić information content (AvgIpc) is 2.54. The van der Waals surface area contributed by atoms with E-state index in [9.17, 15) is 25.9 Å². The Kier molecular flexibility index (Phi) is 6.31. The first kappa shape index (κ1) is 22.8. The molecular formula is C20H28O6S2. The van der Waals surface area contributed by atoms with E-state index in [2.05, 4.69) is 20.8 Å². The number of fused-ring (bicyclic) bond motifs is 1. The Balaban J connectivity index is 3.08. The van der Waals surface area contributed by atoms with Gasteiger partial charge in [0.1, 0.15) is 0 Å². The molecule has 0 unspecified atom stereocenters. The van der Waals surface area contributed by atoms with E-state index in [1.165, 1.54) is 12.1 Å². The van der Waals surface area contributed by atoms with Gasteiger partial charge in [0.05, 0.1) is 9.79 Å². The summed E-state index contributed by atoms with van der Waals surface area (Å²) in [7, 11) is -8.97. The van der Waals surface area contributed by atoms with Crippen molar-refractivity contribution >= 4 is 31.0 Å². The lowest BCUT2D eigenvalue weighted by Crippen LogP contribution is -2.13. The average molecular weight is 429 g/mol. The number of aryl methyl sites for hydroxylation is 1. The summed E-state index contributed by atoms with van der Waals surface area (Å²) >= 11 is 0. The standard InChI is InChI=1S/C20H28O6S2/c1-7-16-14(6)20-15(10-19(16)28(24,25)26)9-18(27(21,22)23)13(5)17(20)8-12(4)11(2)3/h9-12H,7-8H2,1-6H3,(H,21,22,23)(H,24,25,26)/t12-/m0/s1. The van der Waals surface area contributed by atoms with Gasteiger partial charge in [0.15, 0.2) is 0 Å². The van der Waals surface area contributed by atoms with E-state index in [1.807, 2.05) is 0 Å². The first-order valence-corrected chi connectivity index (χ1v) is 12.1. The molecule has 0 bridgehead atoms. The molecule has 8 heteroatoms. The second-order valence-corrected chi connectivity index (χ2v) is 10.6. The van der Waals surface area contributed by atoms with Gasteiger partial charge in [0, 0.05) is 0 Å². The van der Waals surface area contributed by atoms with E-state index in [-0.39, 0.29) is 15.7 Å². The summed E-state index contributed by atoms with van der Waals surface area (Å²) in [5.41, 5.74) is 2.45. The molecule has 0 saturated heterocycles. The Hall–Kier alpha value is -1.48. The van der Waals surface area contributed by atoms with Gasteiger partial charge in [-0.05, 0) is 83.7 Å². The van der Waals surface area contributed by atoms with Gasteiger partial charge >= 0.3 is 0 Å². The third kappa shape index (κ3) is 4.25. The molecular weight excluding hydrogens is 400 g/mol. The molecule has 1 atom stereocenters. The molecule has 0 amide bonds. The second-order valence-electron chi connectivity index (χ2n) is 7.78. The lowest BCUT2D eigenvalue weighted by Gasteiger charge is -2.23. The topological polar surface area (TPSA) is 109 Å². The first-order valence-electron chi connectivity index (χ1n) is 9.23. The molecule has 0 saturated carbocycles. The van der Waals surface area contributed by atoms with Crippen LogP contribution in [0, 0.1) is 25.7 Å². The predicted octanol–water partition coefficient (Wildman–Crippen LogP) is 4.35. The van der Waals surface area contributed by atoms with Crippen LogP contribution in [0.25, 0.3) is 10.8 Å². The van der Waals surface area contributed by atoms with Crippen LogP contribution in [0.5, 0.6) is 0 Å². The maximum atomic E-state index is 11.9. The fourth-order valence-corrected chi connectivity index (χ4v) is 5.37. The second kappa shape index (κ2) is 7.74. The fourth-order valence-electron chi connectivity index (χ4n) is 3.70. The monoisotopic (exact) mass is 428 g/mol. The van der Waals surface area contributed by atoms with Crippen molar-refractivity contribution in [3.63, 3.8) is 0 Å². The van der Waals surface area contributed by atoms with Crippen LogP contribution in [0.2, 0.25) is 0 Å². The van der Waals surface area contributed by atoms with E-state index in [0.29, 0.717) is 40.8 Å². The summed E-state index contributed by atoms with van der Waals surface area (Å²) in [5.74, 6) is 0.594. The number of rotatable bonds is 6. The van der Waals surface area contributed by atoms with Gasteiger partial charge in [0.2, 0.25) is 0 Å². The van der Waals surface area contributed by atoms with Crippen LogP contribution in [0.3, 0.4) is 0 Å². The summed E-state index contributed by atoms with van der Waals surface area (Å²) in [4.78, 5) is -0.469. The minimum absolute atomic E-state index is 0.229. The van der Waals surface area contributed by atoms with Crippen LogP contribution in [-0.2, 0) is 33.1 Å². The smallest absolute Gasteiger partial charge is 0.282 e. The van der Waals surface area contributed by atoms with Crippen LogP contribution < -0.4 is 0 Å². The Bertz CT molecular complexity index is 1130. The van der Waals surface area contributed by atoms with E-state index in [1.54, 1.807) is 20.8 Å². The predicted molar refractivity (Wildman–Crippen MR) is 110 cm³/mol. The Morgan fingerprint density at radius 3 is 1.79 bits per heavy atom. The maximum Gasteiger partial charge on any atom is 0.294 e. The van der Waals surface area contributed by atoms with Crippen LogP contribution in [-0.4, -0.2) is 25.9 Å². The molecule has 0 radical (unpaired) electrons. The number of hydrogen-bond acceptors (Lipinski definition) is 4. The summed E-state index contributed by atoms with van der Waals surface area (Å²) < 4.78 is 67.1. The van der Waals surface area contributed by atoms with Gasteiger partial charge in [-0.2, -0.15) is 16.8 Å². The van der Waals surface area contributed by atoms with E-state index >= 15 is 0 Å². The highest BCUT2D eigenvalue weighted by Crippen LogP contribution is 2.37. The molecule has 2 aromatic carbocycles. The summed E-state index contributed by atoms with van der Waals surface area (Å²) in [6.07, 6.45) is 0.980. The molecule has 0 aliphatic rings. The van der Waals surface area contributed by atoms with Crippen molar-refractivity contribution in [3.8, 4) is 0 Å². The van der Waals surface area contributed by atoms with Crippen LogP contribution in [0.15, 0.2) is 21.9 Å². The van der Waals surface area contributed by atoms with Crippen LogP contribution >= 0.6 is 0 Å². The number of hydrogen-bond donors (Lipinski definition) is 2. The molecule has 0 heterocycles. The summed E-state index contributed by atoms with van der Waals surface area (Å²) in [6.45, 7) is 11.5. The van der Waals surface area contributed by atoms with Gasteiger partial charge in [-0.3, -0.25) is 9.11 Å². The normalized spacial score (nSPS) is 14.0. The summed E-state index contributed by atoms with van der Waals surface area (Å²) in [5, 5.41) is 1.15. The molecule has 2 N–H and O–H groups in total. The fraction of sp³-hybridized carbons (Fsp3) is 0.500. The Morgan fingerprint density at radius 1 is 0.857 bits per heavy atom. The van der Waals surface area contributed by atoms with Gasteiger partial charge in [0.25, 0.3) is 20.2 Å². The molecule has 0 fully saturated rings. The minimum atomic E-state index is -4.49. The van der Waals surface area contributed by atoms with E-state index < -0.39 is 20.2 Å². The van der Waals surface area contributed by atoms with Crippen molar-refractivity contribution in [2.45, 2.75) is 64.2 Å². The molecule has 0 spiro atoms. The minimum Gasteiger partial charge on any atom is -0.282 e. The lowest BCUT2D eigenvalue weighted by atomic mass is 9.84. The molecule has 0 aromatic heterocycles. The van der Waals surface area contributed by atoms with Crippen molar-refractivity contribution in [2.24, 2.45) is 11.8 Å². The maximum absolute atomic E-state index is 11.9. The van der Waals surface area contributed by atoms with E-state index in [4.69, 9.17) is 0 Å². The zero-order valence-corrected chi connectivity index (χ0v) is 18.7. The molecule has 0 aliphatic carbocycles. The third-order valence-electron chi connectivity index (χ3n) is 5.68. The lowest BCUT2D eigenvalue weighted by molar-refractivity contribution is 0.417. The summed E-state index contributed by atoms with van der Waals surface area (Å²) in [6, 6.07) is 2.58. The Labute approximate surface area is 167 Å². The molecule has 2 rings (SSSR count). The van der Waals surface area contributed by atoms with Crippen LogP contribution in [0.1, 0.15) is 49.9 Å². The zero-order valence-electron chi connectivity index (χ0n) is 17.1. The molecule has 28 heavy (non-hydrogen) atoms. The van der Waals surface area contributed by atoms with Crippen molar-refractivity contribution in [2.75, 3.05) is 0 Å². The Morgan fingerprint density at radius 2 is 1.36 bits per heavy atom. The highest BCUT2D eigenvalue weighted by atomic mass is 32.2. The molecule has 2 aromatic rings. The highest BCUT2D eigenvalue weighted by Gasteiger charge is 2.25. The van der Waals surface area contributed by atoms with Gasteiger partial charge < -0.3 is 0 Å². The highest BCUT2D eigenvalue weighted by molar-refractivity contribution is 7.86. The van der Waals surface area contributed by atoms with Crippen LogP contribution in [0.4, 0.5) is 0 Å². The SMILES string of the molecule is CCc1c(S(=O)(=O)O)cc2cc(S(=O)(=O)O)c(C)c(C[C@H](C)C(C)C)c2c1C. The number of benzene rings is 2. The largest absolute Gasteiger partial charge is 0.294 e. The quantitative estimate of drug-likeness (QED) is 0.662. The third-order valence-corrected chi connectivity index (χ3v) is 7.58. The molecule has 0 aliphatic heterocycles. The van der Waals surface area contributed by atoms with Gasteiger partial charge in [-0.1, -0.05) is 27.7 Å². The zero-order chi connectivity index (χ0) is 21.6.